The minimum absolute atomic E-state index is 0.132. The summed E-state index contributed by atoms with van der Waals surface area (Å²) in [5.74, 6) is 1.60. The van der Waals surface area contributed by atoms with Gasteiger partial charge in [0.2, 0.25) is 0 Å². The van der Waals surface area contributed by atoms with Crippen LogP contribution in [0.15, 0.2) is 23.1 Å². The molecule has 2 heterocycles. The predicted molar refractivity (Wildman–Crippen MR) is 71.4 cm³/mol. The number of nitrogens with one attached hydrogen (secondary N) is 1. The van der Waals surface area contributed by atoms with Crippen LogP contribution >= 0.6 is 11.8 Å². The molecule has 0 bridgehead atoms. The number of hydrogen-bond acceptors (Lipinski definition) is 3. The van der Waals surface area contributed by atoms with E-state index in [0.717, 1.165) is 43.9 Å². The Morgan fingerprint density at radius 2 is 2.33 bits per heavy atom. The number of halogens is 1. The molecule has 2 aliphatic heterocycles. The van der Waals surface area contributed by atoms with Gasteiger partial charge in [0, 0.05) is 24.1 Å². The lowest BCUT2D eigenvalue weighted by Crippen LogP contribution is -2.29. The first-order chi connectivity index (χ1) is 8.83. The summed E-state index contributed by atoms with van der Waals surface area (Å²) in [7, 11) is 0. The van der Waals surface area contributed by atoms with Crippen molar-refractivity contribution in [2.24, 2.45) is 5.92 Å². The van der Waals surface area contributed by atoms with E-state index in [1.54, 1.807) is 12.1 Å². The van der Waals surface area contributed by atoms with Gasteiger partial charge in [-0.25, -0.2) is 4.39 Å². The van der Waals surface area contributed by atoms with Crippen molar-refractivity contribution in [2.75, 3.05) is 25.5 Å². The van der Waals surface area contributed by atoms with Crippen LogP contribution in [0.1, 0.15) is 24.4 Å². The number of hydrogen-bond donors (Lipinski definition) is 1. The Labute approximate surface area is 111 Å². The third-order valence-corrected chi connectivity index (χ3v) is 4.81. The van der Waals surface area contributed by atoms with E-state index in [4.69, 9.17) is 4.74 Å². The van der Waals surface area contributed by atoms with Crippen LogP contribution in [0.5, 0.6) is 0 Å². The molecule has 0 saturated carbocycles. The van der Waals surface area contributed by atoms with Crippen LogP contribution in [0.25, 0.3) is 0 Å². The molecule has 1 saturated heterocycles. The van der Waals surface area contributed by atoms with Gasteiger partial charge < -0.3 is 10.1 Å². The molecule has 2 atom stereocenters. The molecule has 1 aromatic carbocycles. The fourth-order valence-electron chi connectivity index (χ4n) is 2.63. The summed E-state index contributed by atoms with van der Waals surface area (Å²) in [4.78, 5) is 1.22. The molecule has 2 aliphatic rings. The maximum Gasteiger partial charge on any atom is 0.123 e. The largest absolute Gasteiger partial charge is 0.381 e. The van der Waals surface area contributed by atoms with Gasteiger partial charge in [0.25, 0.3) is 0 Å². The quantitative estimate of drug-likeness (QED) is 0.909. The van der Waals surface area contributed by atoms with E-state index in [9.17, 15) is 4.39 Å². The summed E-state index contributed by atoms with van der Waals surface area (Å²) in [5, 5.41) is 3.59. The van der Waals surface area contributed by atoms with Crippen molar-refractivity contribution in [1.82, 2.24) is 5.32 Å². The molecular formula is C14H18FNOS. The van der Waals surface area contributed by atoms with Gasteiger partial charge in [-0.05, 0) is 48.3 Å². The highest BCUT2D eigenvalue weighted by atomic mass is 32.2. The number of fused-ring (bicyclic) bond motifs is 1. The van der Waals surface area contributed by atoms with Gasteiger partial charge in [-0.15, -0.1) is 11.8 Å². The Hall–Kier alpha value is -0.580. The molecule has 1 N–H and O–H groups in total. The summed E-state index contributed by atoms with van der Waals surface area (Å²) < 4.78 is 18.7. The fourth-order valence-corrected chi connectivity index (χ4v) is 3.74. The number of ether oxygens (including phenoxy) is 1. The molecule has 98 valence electrons. The van der Waals surface area contributed by atoms with E-state index in [0.29, 0.717) is 12.0 Å². The minimum Gasteiger partial charge on any atom is -0.381 e. The van der Waals surface area contributed by atoms with E-state index in [1.165, 1.54) is 4.90 Å². The smallest absolute Gasteiger partial charge is 0.123 e. The van der Waals surface area contributed by atoms with Crippen LogP contribution in [0.3, 0.4) is 0 Å². The average molecular weight is 267 g/mol. The molecule has 18 heavy (non-hydrogen) atoms. The normalized spacial score (nSPS) is 27.2. The number of thioether (sulfide) groups is 1. The Morgan fingerprint density at radius 3 is 3.17 bits per heavy atom. The highest BCUT2D eigenvalue weighted by Crippen LogP contribution is 2.36. The zero-order valence-corrected chi connectivity index (χ0v) is 11.1. The SMILES string of the molecule is Fc1ccc2c(c1)C(NCC1CCOC1)CCS2. The van der Waals surface area contributed by atoms with Gasteiger partial charge in [0.15, 0.2) is 0 Å². The summed E-state index contributed by atoms with van der Waals surface area (Å²) in [6, 6.07) is 5.45. The lowest BCUT2D eigenvalue weighted by Gasteiger charge is -2.27. The predicted octanol–water partition coefficient (Wildman–Crippen LogP) is 2.99. The molecule has 2 nitrogen and oxygen atoms in total. The van der Waals surface area contributed by atoms with Crippen molar-refractivity contribution in [3.63, 3.8) is 0 Å². The van der Waals surface area contributed by atoms with Gasteiger partial charge in [-0.2, -0.15) is 0 Å². The van der Waals surface area contributed by atoms with Gasteiger partial charge in [0.1, 0.15) is 5.82 Å². The Morgan fingerprint density at radius 1 is 1.39 bits per heavy atom. The molecular weight excluding hydrogens is 249 g/mol. The maximum atomic E-state index is 13.4. The van der Waals surface area contributed by atoms with Crippen molar-refractivity contribution in [3.8, 4) is 0 Å². The number of benzene rings is 1. The van der Waals surface area contributed by atoms with Crippen molar-refractivity contribution < 1.29 is 9.13 Å². The van der Waals surface area contributed by atoms with Crippen LogP contribution < -0.4 is 5.32 Å². The van der Waals surface area contributed by atoms with Crippen LogP contribution in [-0.2, 0) is 4.74 Å². The van der Waals surface area contributed by atoms with Crippen LogP contribution in [0.2, 0.25) is 0 Å². The topological polar surface area (TPSA) is 21.3 Å². The lowest BCUT2D eigenvalue weighted by molar-refractivity contribution is 0.184. The second-order valence-electron chi connectivity index (χ2n) is 5.01. The molecule has 0 spiro atoms. The molecule has 0 radical (unpaired) electrons. The second-order valence-corrected chi connectivity index (χ2v) is 6.15. The standard InChI is InChI=1S/C14H18FNOS/c15-11-1-2-14-12(7-11)13(4-6-18-14)16-8-10-3-5-17-9-10/h1-2,7,10,13,16H,3-6,8-9H2. The van der Waals surface area contributed by atoms with E-state index in [1.807, 2.05) is 17.8 Å². The first-order valence-electron chi connectivity index (χ1n) is 6.56. The Bertz CT molecular complexity index is 420. The Kier molecular flexibility index (Phi) is 3.87. The van der Waals surface area contributed by atoms with Gasteiger partial charge in [-0.1, -0.05) is 0 Å². The van der Waals surface area contributed by atoms with E-state index < -0.39 is 0 Å². The lowest BCUT2D eigenvalue weighted by atomic mass is 10.0. The van der Waals surface area contributed by atoms with E-state index >= 15 is 0 Å². The zero-order chi connectivity index (χ0) is 12.4. The highest BCUT2D eigenvalue weighted by molar-refractivity contribution is 7.99. The van der Waals surface area contributed by atoms with Crippen molar-refractivity contribution in [2.45, 2.75) is 23.8 Å². The molecule has 2 unspecified atom stereocenters. The van der Waals surface area contributed by atoms with Crippen molar-refractivity contribution >= 4 is 11.8 Å². The average Bonchev–Trinajstić information content (AvgIpc) is 2.89. The molecule has 0 aliphatic carbocycles. The summed E-state index contributed by atoms with van der Waals surface area (Å²) in [6.07, 6.45) is 2.22. The number of rotatable bonds is 3. The maximum absolute atomic E-state index is 13.4. The Balaban J connectivity index is 1.68. The van der Waals surface area contributed by atoms with Crippen LogP contribution in [-0.4, -0.2) is 25.5 Å². The summed E-state index contributed by atoms with van der Waals surface area (Å²) in [6.45, 7) is 2.73. The third kappa shape index (κ3) is 2.71. The van der Waals surface area contributed by atoms with Gasteiger partial charge in [0.05, 0.1) is 6.61 Å². The highest BCUT2D eigenvalue weighted by Gasteiger charge is 2.23. The van der Waals surface area contributed by atoms with Crippen LogP contribution in [0.4, 0.5) is 4.39 Å². The van der Waals surface area contributed by atoms with Crippen molar-refractivity contribution in [3.05, 3.63) is 29.6 Å². The first-order valence-corrected chi connectivity index (χ1v) is 7.55. The molecule has 0 amide bonds. The van der Waals surface area contributed by atoms with E-state index in [2.05, 4.69) is 5.32 Å². The fraction of sp³-hybridized carbons (Fsp3) is 0.571. The van der Waals surface area contributed by atoms with Gasteiger partial charge >= 0.3 is 0 Å². The minimum atomic E-state index is -0.132. The van der Waals surface area contributed by atoms with Crippen molar-refractivity contribution in [1.29, 1.82) is 0 Å². The summed E-state index contributed by atoms with van der Waals surface area (Å²) >= 11 is 1.83. The first kappa shape index (κ1) is 12.5. The summed E-state index contributed by atoms with van der Waals surface area (Å²) in [5.41, 5.74) is 1.13. The molecule has 1 aromatic rings. The van der Waals surface area contributed by atoms with Gasteiger partial charge in [-0.3, -0.25) is 0 Å². The van der Waals surface area contributed by atoms with Crippen LogP contribution in [0, 0.1) is 11.7 Å². The second kappa shape index (κ2) is 5.59. The zero-order valence-electron chi connectivity index (χ0n) is 10.3. The molecule has 0 aromatic heterocycles. The molecule has 4 heteroatoms. The third-order valence-electron chi connectivity index (χ3n) is 3.69. The monoisotopic (exact) mass is 267 g/mol. The van der Waals surface area contributed by atoms with E-state index in [-0.39, 0.29) is 5.82 Å². The molecule has 3 rings (SSSR count). The molecule has 1 fully saturated rings.